The van der Waals surface area contributed by atoms with Gasteiger partial charge in [-0.05, 0) is 51.2 Å². The van der Waals surface area contributed by atoms with Gasteiger partial charge in [0.05, 0.1) is 13.2 Å². The van der Waals surface area contributed by atoms with E-state index in [0.29, 0.717) is 25.0 Å². The number of carbonyl (C=O) groups excluding carboxylic acids is 1. The lowest BCUT2D eigenvalue weighted by Crippen LogP contribution is -2.42. The molecule has 1 saturated heterocycles. The first kappa shape index (κ1) is 15.4. The Labute approximate surface area is 111 Å². The normalized spacial score (nSPS) is 21.2. The molecule has 1 aliphatic heterocycles. The van der Waals surface area contributed by atoms with Gasteiger partial charge in [-0.15, -0.1) is 0 Å². The Morgan fingerprint density at radius 2 is 2.28 bits per heavy atom. The van der Waals surface area contributed by atoms with Crippen LogP contribution in [0.5, 0.6) is 0 Å². The van der Waals surface area contributed by atoms with Crippen LogP contribution in [-0.4, -0.2) is 50.2 Å². The van der Waals surface area contributed by atoms with Crippen molar-refractivity contribution in [1.82, 2.24) is 10.2 Å². The van der Waals surface area contributed by atoms with E-state index in [0.717, 1.165) is 26.2 Å². The number of hydrogen-bond acceptors (Lipinski definition) is 4. The summed E-state index contributed by atoms with van der Waals surface area (Å²) in [5.74, 6) is 1.28. The molecular weight excluding hydrogens is 228 g/mol. The van der Waals surface area contributed by atoms with Crippen LogP contribution in [0.2, 0.25) is 0 Å². The molecule has 18 heavy (non-hydrogen) atoms. The standard InChI is InChI=1S/C14H28N2O2/c1-4-18-14(17)11-16-7-5-6-13(10-16)9-15-8-12(2)3/h12-13,15H,4-11H2,1-3H3. The first-order valence-electron chi connectivity index (χ1n) is 7.20. The minimum Gasteiger partial charge on any atom is -0.465 e. The van der Waals surface area contributed by atoms with E-state index in [1.165, 1.54) is 12.8 Å². The second-order valence-electron chi connectivity index (χ2n) is 5.60. The van der Waals surface area contributed by atoms with Crippen LogP contribution in [0.15, 0.2) is 0 Å². The zero-order chi connectivity index (χ0) is 13.4. The molecule has 4 nitrogen and oxygen atoms in total. The molecule has 1 rings (SSSR count). The Hall–Kier alpha value is -0.610. The molecule has 0 aliphatic carbocycles. The van der Waals surface area contributed by atoms with Crippen molar-refractivity contribution >= 4 is 5.97 Å². The third-order valence-corrected chi connectivity index (χ3v) is 3.25. The summed E-state index contributed by atoms with van der Waals surface area (Å²) in [5.41, 5.74) is 0. The van der Waals surface area contributed by atoms with Crippen LogP contribution in [0, 0.1) is 11.8 Å². The summed E-state index contributed by atoms with van der Waals surface area (Å²) < 4.78 is 5.00. The summed E-state index contributed by atoms with van der Waals surface area (Å²) in [4.78, 5) is 13.7. The van der Waals surface area contributed by atoms with Crippen molar-refractivity contribution in [3.63, 3.8) is 0 Å². The van der Waals surface area contributed by atoms with Gasteiger partial charge in [0.25, 0.3) is 0 Å². The second-order valence-corrected chi connectivity index (χ2v) is 5.60. The van der Waals surface area contributed by atoms with Gasteiger partial charge < -0.3 is 10.1 Å². The minimum atomic E-state index is -0.0895. The summed E-state index contributed by atoms with van der Waals surface area (Å²) in [7, 11) is 0. The number of ether oxygens (including phenoxy) is 1. The number of hydrogen-bond donors (Lipinski definition) is 1. The Balaban J connectivity index is 2.21. The fourth-order valence-electron chi connectivity index (χ4n) is 2.43. The van der Waals surface area contributed by atoms with Gasteiger partial charge >= 0.3 is 5.97 Å². The van der Waals surface area contributed by atoms with E-state index in [1.54, 1.807) is 0 Å². The average molecular weight is 256 g/mol. The maximum atomic E-state index is 11.4. The molecule has 0 amide bonds. The highest BCUT2D eigenvalue weighted by molar-refractivity contribution is 5.71. The van der Waals surface area contributed by atoms with Gasteiger partial charge in [0.2, 0.25) is 0 Å². The molecule has 4 heteroatoms. The van der Waals surface area contributed by atoms with E-state index in [4.69, 9.17) is 4.74 Å². The Bertz CT molecular complexity index is 244. The zero-order valence-electron chi connectivity index (χ0n) is 12.1. The van der Waals surface area contributed by atoms with Crippen molar-refractivity contribution in [2.75, 3.05) is 39.3 Å². The van der Waals surface area contributed by atoms with Crippen molar-refractivity contribution < 1.29 is 9.53 Å². The topological polar surface area (TPSA) is 41.6 Å². The zero-order valence-corrected chi connectivity index (χ0v) is 12.1. The van der Waals surface area contributed by atoms with Crippen LogP contribution in [0.25, 0.3) is 0 Å². The lowest BCUT2D eigenvalue weighted by Gasteiger charge is -2.32. The van der Waals surface area contributed by atoms with Crippen molar-refractivity contribution in [2.45, 2.75) is 33.6 Å². The highest BCUT2D eigenvalue weighted by atomic mass is 16.5. The molecule has 1 atom stereocenters. The minimum absolute atomic E-state index is 0.0895. The average Bonchev–Trinajstić information content (AvgIpc) is 2.29. The number of piperidine rings is 1. The fraction of sp³-hybridized carbons (Fsp3) is 0.929. The smallest absolute Gasteiger partial charge is 0.320 e. The second kappa shape index (κ2) is 8.48. The van der Waals surface area contributed by atoms with Crippen LogP contribution in [0.4, 0.5) is 0 Å². The van der Waals surface area contributed by atoms with Gasteiger partial charge in [0, 0.05) is 6.54 Å². The van der Waals surface area contributed by atoms with E-state index in [1.807, 2.05) is 6.92 Å². The Morgan fingerprint density at radius 3 is 2.94 bits per heavy atom. The number of nitrogens with one attached hydrogen (secondary N) is 1. The predicted molar refractivity (Wildman–Crippen MR) is 73.5 cm³/mol. The molecule has 0 saturated carbocycles. The SMILES string of the molecule is CCOC(=O)CN1CCCC(CNCC(C)C)C1. The van der Waals surface area contributed by atoms with Gasteiger partial charge in [0.1, 0.15) is 0 Å². The molecule has 1 heterocycles. The lowest BCUT2D eigenvalue weighted by atomic mass is 9.98. The third-order valence-electron chi connectivity index (χ3n) is 3.25. The third kappa shape index (κ3) is 6.36. The summed E-state index contributed by atoms with van der Waals surface area (Å²) in [6.45, 7) is 11.4. The first-order chi connectivity index (χ1) is 8.61. The van der Waals surface area contributed by atoms with Gasteiger partial charge in [-0.2, -0.15) is 0 Å². The first-order valence-corrected chi connectivity index (χ1v) is 7.20. The maximum absolute atomic E-state index is 11.4. The molecule has 0 aromatic rings. The lowest BCUT2D eigenvalue weighted by molar-refractivity contribution is -0.144. The van der Waals surface area contributed by atoms with Gasteiger partial charge in [-0.3, -0.25) is 9.69 Å². The molecule has 0 bridgehead atoms. The highest BCUT2D eigenvalue weighted by Crippen LogP contribution is 2.15. The van der Waals surface area contributed by atoms with Crippen LogP contribution in [0.1, 0.15) is 33.6 Å². The predicted octanol–water partition coefficient (Wildman–Crippen LogP) is 1.51. The molecular formula is C14H28N2O2. The van der Waals surface area contributed by atoms with Crippen molar-refractivity contribution in [3.8, 4) is 0 Å². The number of likely N-dealkylation sites (tertiary alicyclic amines) is 1. The summed E-state index contributed by atoms with van der Waals surface area (Å²) in [5, 5.41) is 3.51. The van der Waals surface area contributed by atoms with Crippen molar-refractivity contribution in [3.05, 3.63) is 0 Å². The van der Waals surface area contributed by atoms with Gasteiger partial charge in [-0.1, -0.05) is 13.8 Å². The van der Waals surface area contributed by atoms with Crippen LogP contribution >= 0.6 is 0 Å². The van der Waals surface area contributed by atoms with Crippen LogP contribution in [0.3, 0.4) is 0 Å². The van der Waals surface area contributed by atoms with E-state index >= 15 is 0 Å². The number of nitrogens with zero attached hydrogens (tertiary/aromatic N) is 1. The van der Waals surface area contributed by atoms with Gasteiger partial charge in [0.15, 0.2) is 0 Å². The highest BCUT2D eigenvalue weighted by Gasteiger charge is 2.21. The van der Waals surface area contributed by atoms with Crippen LogP contribution < -0.4 is 5.32 Å². The monoisotopic (exact) mass is 256 g/mol. The molecule has 0 aromatic carbocycles. The molecule has 1 aliphatic rings. The van der Waals surface area contributed by atoms with E-state index in [9.17, 15) is 4.79 Å². The number of esters is 1. The van der Waals surface area contributed by atoms with E-state index in [2.05, 4.69) is 24.1 Å². The molecule has 106 valence electrons. The quantitative estimate of drug-likeness (QED) is 0.701. The van der Waals surface area contributed by atoms with Crippen LogP contribution in [-0.2, 0) is 9.53 Å². The molecule has 0 aromatic heterocycles. The Morgan fingerprint density at radius 1 is 1.50 bits per heavy atom. The summed E-state index contributed by atoms with van der Waals surface area (Å²) in [6, 6.07) is 0. The van der Waals surface area contributed by atoms with Gasteiger partial charge in [-0.25, -0.2) is 0 Å². The van der Waals surface area contributed by atoms with E-state index in [-0.39, 0.29) is 5.97 Å². The van der Waals surface area contributed by atoms with E-state index < -0.39 is 0 Å². The number of carbonyl (C=O) groups is 1. The molecule has 0 radical (unpaired) electrons. The molecule has 1 unspecified atom stereocenters. The molecule has 1 N–H and O–H groups in total. The summed E-state index contributed by atoms with van der Waals surface area (Å²) in [6.07, 6.45) is 2.46. The molecule has 0 spiro atoms. The Kier molecular flexibility index (Phi) is 7.28. The fourth-order valence-corrected chi connectivity index (χ4v) is 2.43. The number of rotatable bonds is 7. The largest absolute Gasteiger partial charge is 0.465 e. The van der Waals surface area contributed by atoms with Crippen molar-refractivity contribution in [2.24, 2.45) is 11.8 Å². The molecule has 1 fully saturated rings. The maximum Gasteiger partial charge on any atom is 0.320 e. The van der Waals surface area contributed by atoms with Crippen molar-refractivity contribution in [1.29, 1.82) is 0 Å². The summed E-state index contributed by atoms with van der Waals surface area (Å²) >= 11 is 0.